The van der Waals surface area contributed by atoms with Crippen molar-refractivity contribution in [2.45, 2.75) is 19.9 Å². The minimum Gasteiger partial charge on any atom is -0.361 e. The number of H-pyrrole nitrogens is 1. The van der Waals surface area contributed by atoms with Crippen LogP contribution in [-0.4, -0.2) is 18.9 Å². The van der Waals surface area contributed by atoms with Crippen molar-refractivity contribution in [3.63, 3.8) is 0 Å². The number of para-hydroxylation sites is 2. The molecule has 1 N–H and O–H groups in total. The van der Waals surface area contributed by atoms with E-state index in [1.807, 2.05) is 67.2 Å². The molecule has 0 atom stereocenters. The van der Waals surface area contributed by atoms with E-state index in [-0.39, 0.29) is 5.56 Å². The predicted molar refractivity (Wildman–Crippen MR) is 158 cm³/mol. The van der Waals surface area contributed by atoms with Crippen molar-refractivity contribution in [1.82, 2.24) is 18.9 Å². The first-order chi connectivity index (χ1) is 18.5. The van der Waals surface area contributed by atoms with E-state index in [1.54, 1.807) is 16.0 Å². The second-order valence-electron chi connectivity index (χ2n) is 9.20. The molecule has 6 nitrogen and oxygen atoms in total. The summed E-state index contributed by atoms with van der Waals surface area (Å²) in [4.78, 5) is 22.7. The largest absolute Gasteiger partial charge is 0.361 e. The van der Waals surface area contributed by atoms with Crippen LogP contribution in [-0.2, 0) is 20.0 Å². The summed E-state index contributed by atoms with van der Waals surface area (Å²) in [6.45, 7) is 2.67. The Morgan fingerprint density at radius 1 is 1.00 bits per heavy atom. The molecule has 0 aliphatic heterocycles. The first-order valence-corrected chi connectivity index (χ1v) is 14.1. The van der Waals surface area contributed by atoms with Gasteiger partial charge in [-0.3, -0.25) is 9.48 Å². The zero-order chi connectivity index (χ0) is 26.2. The third-order valence-corrected chi connectivity index (χ3v) is 8.29. The molecule has 190 valence electrons. The molecule has 0 saturated heterocycles. The molecule has 0 aliphatic carbocycles. The van der Waals surface area contributed by atoms with Crippen LogP contribution in [0.3, 0.4) is 0 Å². The van der Waals surface area contributed by atoms with Crippen molar-refractivity contribution in [1.29, 1.82) is 0 Å². The molecular weight excluding hydrogens is 558 g/mol. The summed E-state index contributed by atoms with van der Waals surface area (Å²) in [6.07, 6.45) is 2.92. The maximum atomic E-state index is 13.6. The van der Waals surface area contributed by atoms with Crippen molar-refractivity contribution >= 4 is 43.9 Å². The highest BCUT2D eigenvalue weighted by Gasteiger charge is 2.17. The normalized spacial score (nSPS) is 12.0. The maximum absolute atomic E-state index is 13.6. The summed E-state index contributed by atoms with van der Waals surface area (Å²) in [5.41, 5.74) is 6.53. The van der Waals surface area contributed by atoms with Crippen LogP contribution in [0.1, 0.15) is 11.3 Å². The fraction of sp³-hybridized carbons (Fsp3) is 0.133. The van der Waals surface area contributed by atoms with Gasteiger partial charge in [0, 0.05) is 46.1 Å². The van der Waals surface area contributed by atoms with E-state index in [0.29, 0.717) is 5.69 Å². The number of rotatable bonds is 6. The van der Waals surface area contributed by atoms with Crippen molar-refractivity contribution in [2.24, 2.45) is 12.0 Å². The molecule has 0 amide bonds. The predicted octanol–water partition coefficient (Wildman–Crippen LogP) is 6.73. The number of benzene rings is 3. The third kappa shape index (κ3) is 4.40. The molecule has 8 heteroatoms. The molecule has 3 aromatic carbocycles. The topological polar surface area (TPSA) is 60.0 Å². The van der Waals surface area contributed by atoms with Gasteiger partial charge in [-0.05, 0) is 49.2 Å². The van der Waals surface area contributed by atoms with Crippen LogP contribution >= 0.6 is 27.3 Å². The van der Waals surface area contributed by atoms with E-state index in [9.17, 15) is 4.79 Å². The van der Waals surface area contributed by atoms with Crippen LogP contribution in [0.15, 0.2) is 105 Å². The third-order valence-electron chi connectivity index (χ3n) is 6.93. The highest BCUT2D eigenvalue weighted by atomic mass is 79.9. The molecule has 0 radical (unpaired) electrons. The Labute approximate surface area is 232 Å². The number of hydrogen-bond acceptors (Lipinski definition) is 3. The smallest absolute Gasteiger partial charge is 0.297 e. The van der Waals surface area contributed by atoms with Gasteiger partial charge in [0.15, 0.2) is 10.5 Å². The van der Waals surface area contributed by atoms with E-state index in [0.717, 1.165) is 50.4 Å². The summed E-state index contributed by atoms with van der Waals surface area (Å²) < 4.78 is 6.79. The highest BCUT2D eigenvalue weighted by molar-refractivity contribution is 9.10. The molecule has 0 spiro atoms. The lowest BCUT2D eigenvalue weighted by molar-refractivity contribution is 0.630. The Kier molecular flexibility index (Phi) is 6.51. The standard InChI is InChI=1S/C30H26BrN5OS/c1-20-28(29(37)36(34(20)2)24-11-4-3-5-12-24)33-30-35(27(19-38-30)21-9-8-10-23(31)17-21)16-15-22-18-32-26-14-7-6-13-25(22)26/h3-14,17-19,32H,15-16H2,1-2H3. The number of hydrogen-bond donors (Lipinski definition) is 1. The van der Waals surface area contributed by atoms with Crippen molar-refractivity contribution < 1.29 is 0 Å². The van der Waals surface area contributed by atoms with Crippen LogP contribution in [0.25, 0.3) is 27.8 Å². The van der Waals surface area contributed by atoms with Crippen molar-refractivity contribution in [2.75, 3.05) is 0 Å². The molecule has 6 aromatic rings. The molecule has 38 heavy (non-hydrogen) atoms. The van der Waals surface area contributed by atoms with Gasteiger partial charge in [-0.15, -0.1) is 11.3 Å². The Balaban J connectivity index is 1.48. The second kappa shape index (κ2) is 10.1. The summed E-state index contributed by atoms with van der Waals surface area (Å²) in [5.74, 6) is 0. The molecule has 0 saturated carbocycles. The minimum atomic E-state index is -0.128. The molecule has 3 aromatic heterocycles. The molecular formula is C30H26BrN5OS. The number of aryl methyl sites for hydroxylation is 1. The van der Waals surface area contributed by atoms with Gasteiger partial charge in [-0.2, -0.15) is 0 Å². The lowest BCUT2D eigenvalue weighted by Crippen LogP contribution is -2.20. The van der Waals surface area contributed by atoms with Crippen LogP contribution in [0.4, 0.5) is 5.69 Å². The quantitative estimate of drug-likeness (QED) is 0.232. The van der Waals surface area contributed by atoms with Gasteiger partial charge in [-0.25, -0.2) is 9.67 Å². The Hall–Kier alpha value is -3.88. The molecule has 0 aliphatic rings. The van der Waals surface area contributed by atoms with Gasteiger partial charge in [0.1, 0.15) is 0 Å². The molecule has 0 bridgehead atoms. The zero-order valence-corrected chi connectivity index (χ0v) is 23.5. The molecule has 3 heterocycles. The summed E-state index contributed by atoms with van der Waals surface area (Å²) in [7, 11) is 1.90. The van der Waals surface area contributed by atoms with Crippen molar-refractivity contribution in [3.05, 3.63) is 121 Å². The second-order valence-corrected chi connectivity index (χ2v) is 10.9. The number of thiazole rings is 1. The zero-order valence-electron chi connectivity index (χ0n) is 21.1. The summed E-state index contributed by atoms with van der Waals surface area (Å²) >= 11 is 5.17. The van der Waals surface area contributed by atoms with Gasteiger partial charge in [0.25, 0.3) is 5.56 Å². The van der Waals surface area contributed by atoms with Gasteiger partial charge in [-0.1, -0.05) is 64.5 Å². The number of nitrogens with zero attached hydrogens (tertiary/aromatic N) is 4. The van der Waals surface area contributed by atoms with Gasteiger partial charge in [0.05, 0.1) is 17.1 Å². The average molecular weight is 585 g/mol. The van der Waals surface area contributed by atoms with Crippen LogP contribution < -0.4 is 10.4 Å². The van der Waals surface area contributed by atoms with E-state index >= 15 is 0 Å². The lowest BCUT2D eigenvalue weighted by atomic mass is 10.1. The van der Waals surface area contributed by atoms with E-state index in [4.69, 9.17) is 4.99 Å². The number of halogens is 1. The molecule has 0 fully saturated rings. The van der Waals surface area contributed by atoms with Crippen molar-refractivity contribution in [3.8, 4) is 16.9 Å². The number of nitrogens with one attached hydrogen (secondary N) is 1. The fourth-order valence-corrected chi connectivity index (χ4v) is 6.20. The highest BCUT2D eigenvalue weighted by Crippen LogP contribution is 2.26. The average Bonchev–Trinajstić information content (AvgIpc) is 3.59. The van der Waals surface area contributed by atoms with Gasteiger partial charge in [0.2, 0.25) is 0 Å². The van der Waals surface area contributed by atoms with E-state index in [1.165, 1.54) is 10.9 Å². The van der Waals surface area contributed by atoms with E-state index in [2.05, 4.69) is 67.4 Å². The summed E-state index contributed by atoms with van der Waals surface area (Å²) in [6, 6.07) is 26.3. The van der Waals surface area contributed by atoms with Crippen LogP contribution in [0.2, 0.25) is 0 Å². The van der Waals surface area contributed by atoms with E-state index < -0.39 is 0 Å². The first-order valence-electron chi connectivity index (χ1n) is 12.4. The Morgan fingerprint density at radius 2 is 1.79 bits per heavy atom. The van der Waals surface area contributed by atoms with Crippen LogP contribution in [0, 0.1) is 6.92 Å². The number of aromatic amines is 1. The fourth-order valence-electron chi connectivity index (χ4n) is 4.86. The van der Waals surface area contributed by atoms with Crippen LogP contribution in [0.5, 0.6) is 0 Å². The number of aromatic nitrogens is 4. The molecule has 6 rings (SSSR count). The molecule has 0 unspecified atom stereocenters. The van der Waals surface area contributed by atoms with Gasteiger partial charge >= 0.3 is 0 Å². The minimum absolute atomic E-state index is 0.128. The number of fused-ring (bicyclic) bond motifs is 1. The Bertz CT molecular complexity index is 1890. The van der Waals surface area contributed by atoms with Gasteiger partial charge < -0.3 is 9.55 Å². The maximum Gasteiger partial charge on any atom is 0.297 e. The Morgan fingerprint density at radius 3 is 2.61 bits per heavy atom. The summed E-state index contributed by atoms with van der Waals surface area (Å²) in [5, 5.41) is 3.36. The first kappa shape index (κ1) is 24.5. The lowest BCUT2D eigenvalue weighted by Gasteiger charge is -2.09. The SMILES string of the molecule is Cc1c(N=c2scc(-c3cccc(Br)c3)n2CCc2c[nH]c3ccccc23)c(=O)n(-c2ccccc2)n1C. The monoisotopic (exact) mass is 583 g/mol.